The predicted octanol–water partition coefficient (Wildman–Crippen LogP) is 7.83. The van der Waals surface area contributed by atoms with Crippen molar-refractivity contribution in [2.75, 3.05) is 25.3 Å². The molecule has 64 heavy (non-hydrogen) atoms. The maximum Gasteiger partial charge on any atom is 0.509 e. The number of rotatable bonds is 8. The molecule has 0 radical (unpaired) electrons. The molecule has 0 aliphatic heterocycles. The lowest BCUT2D eigenvalue weighted by molar-refractivity contribution is -0.200. The number of ether oxygens (including phenoxy) is 6. The Morgan fingerprint density at radius 2 is 1.00 bits per heavy atom. The van der Waals surface area contributed by atoms with Crippen LogP contribution in [0.25, 0.3) is 0 Å². The number of alkyl halides is 2. The Hall–Kier alpha value is -3.72. The van der Waals surface area contributed by atoms with Gasteiger partial charge in [0.05, 0.1) is 25.4 Å². The van der Waals surface area contributed by atoms with Gasteiger partial charge in [0, 0.05) is 33.5 Å². The molecule has 0 aromatic heterocycles. The highest BCUT2D eigenvalue weighted by Crippen LogP contribution is 2.70. The molecule has 6 fully saturated rings. The lowest BCUT2D eigenvalue weighted by Gasteiger charge is -2.59. The van der Waals surface area contributed by atoms with Crippen molar-refractivity contribution in [1.82, 2.24) is 0 Å². The number of fused-ring (bicyclic) bond motifs is 10. The van der Waals surface area contributed by atoms with Crippen molar-refractivity contribution in [1.29, 1.82) is 0 Å². The number of aliphatic hydroxyl groups is 2. The van der Waals surface area contributed by atoms with E-state index < -0.39 is 69.3 Å². The third-order valence-electron chi connectivity index (χ3n) is 17.3. The smallest absolute Gasteiger partial charge is 0.446 e. The Bertz CT molecular complexity index is 1910. The van der Waals surface area contributed by atoms with Crippen LogP contribution in [0.15, 0.2) is 47.6 Å². The number of carbonyl (C=O) groups is 6. The molecular formula is C48H62Cl2O14. The van der Waals surface area contributed by atoms with E-state index in [1.54, 1.807) is 38.2 Å². The summed E-state index contributed by atoms with van der Waals surface area (Å²) in [5.74, 6) is -1.35. The summed E-state index contributed by atoms with van der Waals surface area (Å²) in [6.07, 6.45) is 12.6. The van der Waals surface area contributed by atoms with E-state index in [4.69, 9.17) is 51.6 Å². The van der Waals surface area contributed by atoms with Gasteiger partial charge in [0.2, 0.25) is 11.2 Å². The summed E-state index contributed by atoms with van der Waals surface area (Å²) >= 11 is 11.4. The number of hydrogen-bond donors (Lipinski definition) is 2. The highest BCUT2D eigenvalue weighted by Gasteiger charge is 2.73. The average molecular weight is 934 g/mol. The van der Waals surface area contributed by atoms with Gasteiger partial charge in [-0.15, -0.1) is 0 Å². The van der Waals surface area contributed by atoms with Crippen LogP contribution in [-0.2, 0) is 47.6 Å². The van der Waals surface area contributed by atoms with E-state index in [9.17, 15) is 39.0 Å². The summed E-state index contributed by atoms with van der Waals surface area (Å²) < 4.78 is 31.8. The molecule has 0 amide bonds. The van der Waals surface area contributed by atoms with Crippen molar-refractivity contribution in [3.63, 3.8) is 0 Å². The molecule has 0 heterocycles. The molecule has 0 aromatic carbocycles. The molecule has 16 heteroatoms. The van der Waals surface area contributed by atoms with Gasteiger partial charge < -0.3 is 38.6 Å². The largest absolute Gasteiger partial charge is 0.509 e. The summed E-state index contributed by atoms with van der Waals surface area (Å²) in [4.78, 5) is 75.0. The van der Waals surface area contributed by atoms with Gasteiger partial charge in [0.25, 0.3) is 0 Å². The van der Waals surface area contributed by atoms with E-state index in [1.165, 1.54) is 0 Å². The highest BCUT2D eigenvalue weighted by atomic mass is 35.5. The molecule has 8 aliphatic rings. The second kappa shape index (κ2) is 17.8. The molecule has 14 nitrogen and oxygen atoms in total. The first-order chi connectivity index (χ1) is 30.3. The van der Waals surface area contributed by atoms with Gasteiger partial charge >= 0.3 is 24.2 Å². The zero-order valence-electron chi connectivity index (χ0n) is 37.5. The molecule has 0 saturated heterocycles. The van der Waals surface area contributed by atoms with E-state index >= 15 is 0 Å². The quantitative estimate of drug-likeness (QED) is 0.136. The Balaban J connectivity index is 0.000000191. The van der Waals surface area contributed by atoms with Crippen molar-refractivity contribution in [2.24, 2.45) is 57.2 Å². The first kappa shape index (κ1) is 48.2. The molecule has 0 unspecified atom stereocenters. The Morgan fingerprint density at radius 1 is 0.625 bits per heavy atom. The molecule has 0 aromatic rings. The van der Waals surface area contributed by atoms with Gasteiger partial charge in [0.1, 0.15) is 0 Å². The maximum atomic E-state index is 13.2. The number of esters is 2. The van der Waals surface area contributed by atoms with Crippen LogP contribution in [0.2, 0.25) is 0 Å². The Morgan fingerprint density at radius 3 is 1.34 bits per heavy atom. The van der Waals surface area contributed by atoms with Crippen molar-refractivity contribution in [2.45, 2.75) is 129 Å². The second-order valence-electron chi connectivity index (χ2n) is 19.8. The third kappa shape index (κ3) is 7.44. The lowest BCUT2D eigenvalue weighted by atomic mass is 9.46. The zero-order chi connectivity index (χ0) is 46.6. The second-order valence-corrected chi connectivity index (χ2v) is 20.2. The average Bonchev–Trinajstić information content (AvgIpc) is 3.69. The first-order valence-electron chi connectivity index (χ1n) is 22.7. The predicted molar refractivity (Wildman–Crippen MR) is 231 cm³/mol. The number of halogens is 2. The van der Waals surface area contributed by atoms with Crippen LogP contribution in [0, 0.1) is 57.2 Å². The monoisotopic (exact) mass is 932 g/mol. The number of ketones is 2. The summed E-state index contributed by atoms with van der Waals surface area (Å²) in [6.45, 7) is 11.5. The number of allylic oxidation sites excluding steroid dienone is 8. The third-order valence-corrected chi connectivity index (χ3v) is 17.5. The van der Waals surface area contributed by atoms with Gasteiger partial charge in [-0.25, -0.2) is 19.2 Å². The number of carbonyl (C=O) groups excluding carboxylic acids is 6. The van der Waals surface area contributed by atoms with Crippen molar-refractivity contribution >= 4 is 59.0 Å². The standard InChI is InChI=1S/2C24H31ClO7/c2*1-4-30-21(29)32-24(20(28)31-13-25)10-8-17-16-6-5-14-11-15(26)7-9-22(14,2)19(16)18(27)12-23(17,24)3/h2*7,9,11,16-19,27H,4-6,8,10,12-13H2,1-3H3/t2*16-,17-,18-,19+,22-,23-,24-/m00/s1. The van der Waals surface area contributed by atoms with E-state index in [0.717, 1.165) is 36.8 Å². The fraction of sp³-hybridized carbons (Fsp3) is 0.708. The van der Waals surface area contributed by atoms with Crippen LogP contribution >= 0.6 is 23.2 Å². The van der Waals surface area contributed by atoms with Crippen LogP contribution in [0.1, 0.15) is 106 Å². The molecule has 0 spiro atoms. The zero-order valence-corrected chi connectivity index (χ0v) is 39.0. The van der Waals surface area contributed by atoms with E-state index in [0.29, 0.717) is 12.8 Å². The summed E-state index contributed by atoms with van der Waals surface area (Å²) in [5, 5.41) is 22.9. The minimum Gasteiger partial charge on any atom is -0.446 e. The van der Waals surface area contributed by atoms with Gasteiger partial charge in [-0.2, -0.15) is 0 Å². The van der Waals surface area contributed by atoms with Crippen molar-refractivity contribution in [3.8, 4) is 0 Å². The van der Waals surface area contributed by atoms with Crippen molar-refractivity contribution in [3.05, 3.63) is 47.6 Å². The number of aliphatic hydroxyl groups excluding tert-OH is 2. The van der Waals surface area contributed by atoms with Crippen LogP contribution < -0.4 is 0 Å². The maximum absolute atomic E-state index is 13.2. The Kier molecular flexibility index (Phi) is 13.4. The lowest BCUT2D eigenvalue weighted by Crippen LogP contribution is -2.62. The molecule has 352 valence electrons. The van der Waals surface area contributed by atoms with Crippen molar-refractivity contribution < 1.29 is 67.4 Å². The van der Waals surface area contributed by atoms with Crippen LogP contribution in [0.3, 0.4) is 0 Å². The molecule has 8 aliphatic carbocycles. The van der Waals surface area contributed by atoms with Gasteiger partial charge in [-0.1, -0.05) is 74.2 Å². The van der Waals surface area contributed by atoms with Crippen LogP contribution in [0.5, 0.6) is 0 Å². The van der Waals surface area contributed by atoms with Crippen LogP contribution in [-0.4, -0.2) is 94.8 Å². The van der Waals surface area contributed by atoms with Gasteiger partial charge in [0.15, 0.2) is 23.7 Å². The fourth-order valence-corrected chi connectivity index (χ4v) is 14.8. The van der Waals surface area contributed by atoms with E-state index in [1.807, 2.05) is 26.0 Å². The van der Waals surface area contributed by atoms with Gasteiger partial charge in [-0.05, 0) is 126 Å². The minimum absolute atomic E-state index is 0.0161. The van der Waals surface area contributed by atoms with Crippen LogP contribution in [0.4, 0.5) is 9.59 Å². The first-order valence-corrected chi connectivity index (χ1v) is 23.7. The molecule has 14 atom stereocenters. The SMILES string of the molecule is CCOC(=O)O[C@]1(C(=O)OCCl)CC[C@H]2[C@@H]3CCC4=CC(=O)C=C[C@]4(C)[C@H]3[C@@H](O)C[C@@]21C.CCOC(=O)O[C@]1(C(=O)OCCl)CC[C@H]2[C@@H]3CCC4=CC(=O)C=C[C@]4(C)[C@H]3[C@@H](O)C[C@@]21C. The molecule has 2 N–H and O–H groups in total. The van der Waals surface area contributed by atoms with E-state index in [2.05, 4.69) is 13.8 Å². The summed E-state index contributed by atoms with van der Waals surface area (Å²) in [7, 11) is 0. The summed E-state index contributed by atoms with van der Waals surface area (Å²) in [5.41, 5.74) is -3.53. The summed E-state index contributed by atoms with van der Waals surface area (Å²) in [6, 6.07) is -0.708. The minimum atomic E-state index is -1.57. The van der Waals surface area contributed by atoms with Gasteiger partial charge in [-0.3, -0.25) is 9.59 Å². The van der Waals surface area contributed by atoms with E-state index in [-0.39, 0.29) is 98.1 Å². The highest BCUT2D eigenvalue weighted by molar-refractivity contribution is 6.18. The molecule has 8 rings (SSSR count). The molecule has 0 bridgehead atoms. The number of hydrogen-bond acceptors (Lipinski definition) is 14. The normalized spacial score (nSPS) is 42.3. The molecule has 6 saturated carbocycles. The molecular weight excluding hydrogens is 871 g/mol. The fourth-order valence-electron chi connectivity index (χ4n) is 14.6. The topological polar surface area (TPSA) is 198 Å². The Labute approximate surface area is 384 Å².